The summed E-state index contributed by atoms with van der Waals surface area (Å²) < 4.78 is 0. The third-order valence-corrected chi connectivity index (χ3v) is 4.81. The van der Waals surface area contributed by atoms with Gasteiger partial charge in [-0.05, 0) is 42.7 Å². The van der Waals surface area contributed by atoms with Crippen molar-refractivity contribution >= 4 is 30.0 Å². The molecule has 0 aliphatic heterocycles. The second-order valence-electron chi connectivity index (χ2n) is 6.86. The topological polar surface area (TPSA) is 49.4 Å². The lowest BCUT2D eigenvalue weighted by atomic mass is 10.0. The number of rotatable bonds is 10. The summed E-state index contributed by atoms with van der Waals surface area (Å²) in [6.07, 6.45) is 3.72. The summed E-state index contributed by atoms with van der Waals surface area (Å²) in [6, 6.07) is 15.4. The van der Waals surface area contributed by atoms with E-state index in [1.807, 2.05) is 55.4 Å². The van der Waals surface area contributed by atoms with E-state index in [0.29, 0.717) is 29.8 Å². The minimum absolute atomic E-state index is 0.0992. The molecule has 0 aromatic heterocycles. The number of carbonyl (C=O) groups excluding carboxylic acids is 2. The number of Topliss-reactive ketones (excluding diaryl/α,β-unsaturated/α-hetero) is 1. The highest BCUT2D eigenvalue weighted by Gasteiger charge is 2.08. The molecule has 27 heavy (non-hydrogen) atoms. The molecule has 0 saturated carbocycles. The van der Waals surface area contributed by atoms with Crippen molar-refractivity contribution in [3.8, 4) is 0 Å². The molecule has 144 valence electrons. The minimum atomic E-state index is -0.0992. The third kappa shape index (κ3) is 7.10. The lowest BCUT2D eigenvalue weighted by molar-refractivity contribution is -0.118. The maximum atomic E-state index is 12.1. The average Bonchev–Trinajstić information content (AvgIpc) is 2.65. The summed E-state index contributed by atoms with van der Waals surface area (Å²) in [4.78, 5) is 26.9. The summed E-state index contributed by atoms with van der Waals surface area (Å²) in [6.45, 7) is 0.612. The Morgan fingerprint density at radius 1 is 0.963 bits per heavy atom. The van der Waals surface area contributed by atoms with E-state index in [1.54, 1.807) is 12.1 Å². The van der Waals surface area contributed by atoms with Crippen molar-refractivity contribution in [3.05, 3.63) is 59.7 Å². The van der Waals surface area contributed by atoms with Crippen LogP contribution in [0.25, 0.3) is 0 Å². The summed E-state index contributed by atoms with van der Waals surface area (Å²) in [5.41, 5.74) is 2.79. The van der Waals surface area contributed by atoms with Gasteiger partial charge in [0.1, 0.15) is 5.78 Å². The lowest BCUT2D eigenvalue weighted by Crippen LogP contribution is -2.24. The van der Waals surface area contributed by atoms with E-state index in [9.17, 15) is 9.59 Å². The van der Waals surface area contributed by atoms with Gasteiger partial charge in [-0.15, -0.1) is 12.6 Å². The fourth-order valence-electron chi connectivity index (χ4n) is 2.81. The maximum Gasteiger partial charge on any atom is 0.252 e. The number of thiol groups is 1. The fourth-order valence-corrected chi connectivity index (χ4v) is 3.08. The molecule has 0 aliphatic rings. The van der Waals surface area contributed by atoms with Crippen LogP contribution in [0, 0.1) is 0 Å². The van der Waals surface area contributed by atoms with Gasteiger partial charge >= 0.3 is 0 Å². The first-order valence-corrected chi connectivity index (χ1v) is 9.76. The van der Waals surface area contributed by atoms with Crippen molar-refractivity contribution in [2.45, 2.75) is 37.0 Å². The Labute approximate surface area is 167 Å². The molecule has 0 unspecified atom stereocenters. The number of amides is 1. The number of nitrogens with one attached hydrogen (secondary N) is 1. The first-order chi connectivity index (χ1) is 13.0. The highest BCUT2D eigenvalue weighted by Crippen LogP contribution is 2.14. The van der Waals surface area contributed by atoms with Crippen LogP contribution in [-0.4, -0.2) is 32.3 Å². The molecular weight excluding hydrogens is 356 g/mol. The van der Waals surface area contributed by atoms with Gasteiger partial charge in [0.05, 0.1) is 5.56 Å². The number of benzene rings is 2. The molecule has 0 fully saturated rings. The molecule has 2 aromatic carbocycles. The van der Waals surface area contributed by atoms with Crippen LogP contribution in [0.1, 0.15) is 41.6 Å². The quantitative estimate of drug-likeness (QED) is 0.478. The number of carbonyl (C=O) groups is 2. The Hall–Kier alpha value is -2.27. The molecule has 0 bridgehead atoms. The summed E-state index contributed by atoms with van der Waals surface area (Å²) in [5.74, 6) is 0.165. The van der Waals surface area contributed by atoms with E-state index < -0.39 is 0 Å². The molecule has 5 heteroatoms. The predicted molar refractivity (Wildman–Crippen MR) is 114 cm³/mol. The summed E-state index contributed by atoms with van der Waals surface area (Å²) >= 11 is 4.29. The van der Waals surface area contributed by atoms with Crippen LogP contribution >= 0.6 is 12.6 Å². The largest absolute Gasteiger partial charge is 0.378 e. The van der Waals surface area contributed by atoms with E-state index in [2.05, 4.69) is 17.9 Å². The smallest absolute Gasteiger partial charge is 0.252 e. The highest BCUT2D eigenvalue weighted by atomic mass is 32.1. The SMILES string of the molecule is CN(C)c1ccc(CC(=O)CCCCCNC(=O)c2ccccc2S)cc1. The zero-order valence-corrected chi connectivity index (χ0v) is 17.0. The Kier molecular flexibility index (Phi) is 8.40. The van der Waals surface area contributed by atoms with Gasteiger partial charge in [0, 0.05) is 44.1 Å². The van der Waals surface area contributed by atoms with Gasteiger partial charge in [0.25, 0.3) is 5.91 Å². The number of hydrogen-bond acceptors (Lipinski definition) is 4. The van der Waals surface area contributed by atoms with Gasteiger partial charge in [-0.1, -0.05) is 30.7 Å². The monoisotopic (exact) mass is 384 g/mol. The summed E-state index contributed by atoms with van der Waals surface area (Å²) in [7, 11) is 4.00. The normalized spacial score (nSPS) is 10.5. The molecule has 2 rings (SSSR count). The van der Waals surface area contributed by atoms with E-state index in [4.69, 9.17) is 0 Å². The van der Waals surface area contributed by atoms with Gasteiger partial charge in [0.2, 0.25) is 0 Å². The Bertz CT molecular complexity index is 757. The van der Waals surface area contributed by atoms with Crippen molar-refractivity contribution in [3.63, 3.8) is 0 Å². The molecular formula is C22H28N2O2S. The van der Waals surface area contributed by atoms with Crippen LogP contribution in [-0.2, 0) is 11.2 Å². The van der Waals surface area contributed by atoms with Crippen molar-refractivity contribution in [2.75, 3.05) is 25.5 Å². The molecule has 0 saturated heterocycles. The van der Waals surface area contributed by atoms with Gasteiger partial charge in [-0.25, -0.2) is 0 Å². The molecule has 4 nitrogen and oxygen atoms in total. The highest BCUT2D eigenvalue weighted by molar-refractivity contribution is 7.80. The number of hydrogen-bond donors (Lipinski definition) is 2. The Morgan fingerprint density at radius 2 is 1.67 bits per heavy atom. The Morgan fingerprint density at radius 3 is 2.33 bits per heavy atom. The van der Waals surface area contributed by atoms with Gasteiger partial charge in [0.15, 0.2) is 0 Å². The van der Waals surface area contributed by atoms with Crippen LogP contribution in [0.5, 0.6) is 0 Å². The maximum absolute atomic E-state index is 12.1. The van der Waals surface area contributed by atoms with Crippen molar-refractivity contribution < 1.29 is 9.59 Å². The molecule has 1 amide bonds. The van der Waals surface area contributed by atoms with Gasteiger partial charge < -0.3 is 10.2 Å². The van der Waals surface area contributed by atoms with Crippen molar-refractivity contribution in [1.29, 1.82) is 0 Å². The van der Waals surface area contributed by atoms with Crippen LogP contribution in [0.4, 0.5) is 5.69 Å². The molecule has 0 heterocycles. The van der Waals surface area contributed by atoms with Gasteiger partial charge in [-0.2, -0.15) is 0 Å². The zero-order valence-electron chi connectivity index (χ0n) is 16.1. The number of anilines is 1. The predicted octanol–water partition coefficient (Wildman–Crippen LogP) is 4.14. The number of unbranched alkanes of at least 4 members (excludes halogenated alkanes) is 2. The number of ketones is 1. The lowest BCUT2D eigenvalue weighted by Gasteiger charge is -2.12. The second kappa shape index (κ2) is 10.8. The minimum Gasteiger partial charge on any atom is -0.378 e. The second-order valence-corrected chi connectivity index (χ2v) is 7.34. The summed E-state index contributed by atoms with van der Waals surface area (Å²) in [5, 5.41) is 2.91. The van der Waals surface area contributed by atoms with Crippen molar-refractivity contribution in [1.82, 2.24) is 5.32 Å². The van der Waals surface area contributed by atoms with Crippen LogP contribution in [0.15, 0.2) is 53.4 Å². The third-order valence-electron chi connectivity index (χ3n) is 4.42. The standard InChI is InChI=1S/C22H28N2O2S/c1-24(2)18-13-11-17(12-14-18)16-19(25)8-4-3-7-15-23-22(26)20-9-5-6-10-21(20)27/h5-6,9-14,27H,3-4,7-8,15-16H2,1-2H3,(H,23,26). The van der Waals surface area contributed by atoms with Crippen LogP contribution < -0.4 is 10.2 Å². The van der Waals surface area contributed by atoms with E-state index >= 15 is 0 Å². The van der Waals surface area contributed by atoms with Crippen molar-refractivity contribution in [2.24, 2.45) is 0 Å². The number of nitrogens with zero attached hydrogens (tertiary/aromatic N) is 1. The molecule has 1 N–H and O–H groups in total. The van der Waals surface area contributed by atoms with E-state index in [0.717, 1.165) is 30.5 Å². The molecule has 0 atom stereocenters. The molecule has 0 aliphatic carbocycles. The first kappa shape index (κ1) is 21.0. The van der Waals surface area contributed by atoms with Crippen LogP contribution in [0.3, 0.4) is 0 Å². The van der Waals surface area contributed by atoms with E-state index in [-0.39, 0.29) is 11.7 Å². The molecule has 0 radical (unpaired) electrons. The van der Waals surface area contributed by atoms with E-state index in [1.165, 1.54) is 0 Å². The van der Waals surface area contributed by atoms with Gasteiger partial charge in [-0.3, -0.25) is 9.59 Å². The fraction of sp³-hybridized carbons (Fsp3) is 0.364. The molecule has 2 aromatic rings. The van der Waals surface area contributed by atoms with Crippen LogP contribution in [0.2, 0.25) is 0 Å². The average molecular weight is 385 g/mol. The Balaban J connectivity index is 1.60. The zero-order chi connectivity index (χ0) is 19.6. The molecule has 0 spiro atoms. The first-order valence-electron chi connectivity index (χ1n) is 9.31.